The molecule has 0 bridgehead atoms. The third-order valence-electron chi connectivity index (χ3n) is 5.72. The van der Waals surface area contributed by atoms with E-state index in [4.69, 9.17) is 9.47 Å². The van der Waals surface area contributed by atoms with E-state index in [2.05, 4.69) is 18.2 Å². The second kappa shape index (κ2) is 7.53. The molecule has 0 fully saturated rings. The molecule has 29 heavy (non-hydrogen) atoms. The molecule has 146 valence electrons. The Morgan fingerprint density at radius 1 is 0.862 bits per heavy atom. The number of rotatable bonds is 3. The van der Waals surface area contributed by atoms with E-state index in [1.807, 2.05) is 73.7 Å². The van der Waals surface area contributed by atoms with Crippen LogP contribution in [0.25, 0.3) is 0 Å². The molecule has 0 aromatic heterocycles. The van der Waals surface area contributed by atoms with Crippen LogP contribution in [0, 0.1) is 5.92 Å². The highest BCUT2D eigenvalue weighted by Gasteiger charge is 2.46. The van der Waals surface area contributed by atoms with E-state index in [1.165, 1.54) is 0 Å². The van der Waals surface area contributed by atoms with Gasteiger partial charge in [0, 0.05) is 22.3 Å². The van der Waals surface area contributed by atoms with Crippen LogP contribution in [0.2, 0.25) is 0 Å². The number of allylic oxidation sites excluding steroid dienone is 2. The van der Waals surface area contributed by atoms with Gasteiger partial charge in [-0.3, -0.25) is 0 Å². The van der Waals surface area contributed by atoms with E-state index >= 15 is 0 Å². The van der Waals surface area contributed by atoms with Crippen LogP contribution in [0.5, 0.6) is 5.75 Å². The summed E-state index contributed by atoms with van der Waals surface area (Å²) in [7, 11) is -1.30. The average molecular weight is 403 g/mol. The van der Waals surface area contributed by atoms with Crippen molar-refractivity contribution >= 4 is 10.8 Å². The number of hydrogen-bond donors (Lipinski definition) is 0. The zero-order chi connectivity index (χ0) is 19.8. The predicted octanol–water partition coefficient (Wildman–Crippen LogP) is 5.59. The number of fused-ring (bicyclic) bond motifs is 3. The molecule has 1 unspecified atom stereocenters. The molecule has 4 heteroatoms. The predicted molar refractivity (Wildman–Crippen MR) is 114 cm³/mol. The Kier molecular flexibility index (Phi) is 4.72. The Morgan fingerprint density at radius 2 is 1.52 bits per heavy atom. The standard InChI is InChI=1S/C25H22O3S/c1-17-25(29(26)19-12-6-3-7-13-19)23-20-14-8-9-15-22(20)27-16-21(23)24(28-17)18-10-4-2-5-11-18/h2-15,21,23-24H,16H2,1H3/t21-,23+,24+,29?/m0/s1. The summed E-state index contributed by atoms with van der Waals surface area (Å²) in [5.74, 6) is 1.66. The normalized spacial score (nSPS) is 24.0. The lowest BCUT2D eigenvalue weighted by Gasteiger charge is -2.43. The minimum atomic E-state index is -1.30. The molecule has 0 N–H and O–H groups in total. The van der Waals surface area contributed by atoms with Crippen molar-refractivity contribution in [2.45, 2.75) is 23.8 Å². The number of ether oxygens (including phenoxy) is 2. The lowest BCUT2D eigenvalue weighted by atomic mass is 9.77. The summed E-state index contributed by atoms with van der Waals surface area (Å²) in [5.41, 5.74) is 2.21. The van der Waals surface area contributed by atoms with Crippen LogP contribution in [0.3, 0.4) is 0 Å². The molecule has 4 atom stereocenters. The fourth-order valence-corrected chi connectivity index (χ4v) is 5.91. The van der Waals surface area contributed by atoms with Crippen molar-refractivity contribution in [2.24, 2.45) is 5.92 Å². The molecule has 0 radical (unpaired) electrons. The Bertz CT molecular complexity index is 1080. The van der Waals surface area contributed by atoms with Crippen molar-refractivity contribution in [3.8, 4) is 5.75 Å². The largest absolute Gasteiger partial charge is 0.493 e. The second-order valence-corrected chi connectivity index (χ2v) is 8.89. The third-order valence-corrected chi connectivity index (χ3v) is 7.36. The highest BCUT2D eigenvalue weighted by Crippen LogP contribution is 2.53. The first-order chi connectivity index (χ1) is 14.2. The van der Waals surface area contributed by atoms with Crippen LogP contribution < -0.4 is 4.74 Å². The van der Waals surface area contributed by atoms with Crippen LogP contribution in [0.15, 0.2) is 100 Å². The number of hydrogen-bond acceptors (Lipinski definition) is 3. The summed E-state index contributed by atoms with van der Waals surface area (Å²) >= 11 is 0. The Balaban J connectivity index is 1.67. The molecule has 3 aromatic carbocycles. The summed E-state index contributed by atoms with van der Waals surface area (Å²) in [4.78, 5) is 1.65. The van der Waals surface area contributed by atoms with Crippen molar-refractivity contribution in [3.05, 3.63) is 107 Å². The van der Waals surface area contributed by atoms with Crippen molar-refractivity contribution in [1.82, 2.24) is 0 Å². The minimum Gasteiger partial charge on any atom is -0.493 e. The van der Waals surface area contributed by atoms with Gasteiger partial charge in [0.25, 0.3) is 0 Å². The molecule has 2 aliphatic rings. The highest BCUT2D eigenvalue weighted by atomic mass is 32.2. The van der Waals surface area contributed by atoms with Crippen LogP contribution in [-0.4, -0.2) is 10.8 Å². The van der Waals surface area contributed by atoms with E-state index in [0.29, 0.717) is 6.61 Å². The van der Waals surface area contributed by atoms with Gasteiger partial charge in [0.15, 0.2) is 0 Å². The monoisotopic (exact) mass is 402 g/mol. The molecule has 5 rings (SSSR count). The van der Waals surface area contributed by atoms with Gasteiger partial charge in [-0.05, 0) is 30.7 Å². The van der Waals surface area contributed by atoms with Crippen molar-refractivity contribution < 1.29 is 13.7 Å². The van der Waals surface area contributed by atoms with Crippen molar-refractivity contribution in [1.29, 1.82) is 0 Å². The maximum absolute atomic E-state index is 13.7. The first-order valence-electron chi connectivity index (χ1n) is 9.85. The third kappa shape index (κ3) is 3.18. The van der Waals surface area contributed by atoms with E-state index in [9.17, 15) is 4.21 Å². The van der Waals surface area contributed by atoms with Gasteiger partial charge in [-0.1, -0.05) is 66.7 Å². The lowest BCUT2D eigenvalue weighted by molar-refractivity contribution is 0.00687. The molecule has 0 saturated heterocycles. The quantitative estimate of drug-likeness (QED) is 0.573. The zero-order valence-corrected chi connectivity index (χ0v) is 17.0. The highest BCUT2D eigenvalue weighted by molar-refractivity contribution is 7.89. The summed E-state index contributed by atoms with van der Waals surface area (Å²) in [6.07, 6.45) is -0.133. The molecule has 0 amide bonds. The van der Waals surface area contributed by atoms with Gasteiger partial charge in [-0.15, -0.1) is 0 Å². The second-order valence-electron chi connectivity index (χ2n) is 7.44. The maximum Gasteiger partial charge on any atom is 0.130 e. The van der Waals surface area contributed by atoms with Crippen LogP contribution in [-0.2, 0) is 15.5 Å². The average Bonchev–Trinajstić information content (AvgIpc) is 2.79. The van der Waals surface area contributed by atoms with Gasteiger partial charge in [0.2, 0.25) is 0 Å². The summed E-state index contributed by atoms with van der Waals surface area (Å²) in [6, 6.07) is 28.0. The summed E-state index contributed by atoms with van der Waals surface area (Å²) < 4.78 is 26.2. The smallest absolute Gasteiger partial charge is 0.130 e. The molecule has 0 aliphatic carbocycles. The fraction of sp³-hybridized carbons (Fsp3) is 0.200. The van der Waals surface area contributed by atoms with Crippen molar-refractivity contribution in [3.63, 3.8) is 0 Å². The molecule has 0 saturated carbocycles. The van der Waals surface area contributed by atoms with Crippen LogP contribution in [0.4, 0.5) is 0 Å². The first-order valence-corrected chi connectivity index (χ1v) is 11.0. The van der Waals surface area contributed by atoms with Crippen LogP contribution in [0.1, 0.15) is 30.1 Å². The summed E-state index contributed by atoms with van der Waals surface area (Å²) in [5, 5.41) is 0. The first kappa shape index (κ1) is 18.2. The maximum atomic E-state index is 13.7. The van der Waals surface area contributed by atoms with E-state index in [-0.39, 0.29) is 17.9 Å². The zero-order valence-electron chi connectivity index (χ0n) is 16.2. The van der Waals surface area contributed by atoms with Crippen molar-refractivity contribution in [2.75, 3.05) is 6.61 Å². The van der Waals surface area contributed by atoms with E-state index < -0.39 is 10.8 Å². The molecule has 3 aromatic rings. The lowest BCUT2D eigenvalue weighted by Crippen LogP contribution is -2.37. The number of benzene rings is 3. The molecule has 2 aliphatic heterocycles. The molecular weight excluding hydrogens is 380 g/mol. The van der Waals surface area contributed by atoms with E-state index in [1.54, 1.807) is 0 Å². The fourth-order valence-electron chi connectivity index (χ4n) is 4.41. The SMILES string of the molecule is CC1=C(S(=O)c2ccccc2)[C@@H]2c3ccccc3OC[C@@H]2[C@@H](c2ccccc2)O1. The number of para-hydroxylation sites is 1. The van der Waals surface area contributed by atoms with Gasteiger partial charge in [0.05, 0.1) is 22.3 Å². The van der Waals surface area contributed by atoms with Gasteiger partial charge < -0.3 is 9.47 Å². The summed E-state index contributed by atoms with van der Waals surface area (Å²) in [6.45, 7) is 2.48. The van der Waals surface area contributed by atoms with Gasteiger partial charge in [0.1, 0.15) is 17.6 Å². The van der Waals surface area contributed by atoms with Gasteiger partial charge in [-0.2, -0.15) is 0 Å². The van der Waals surface area contributed by atoms with Crippen LogP contribution >= 0.6 is 0 Å². The molecule has 3 nitrogen and oxygen atoms in total. The molecule has 2 heterocycles. The van der Waals surface area contributed by atoms with E-state index in [0.717, 1.165) is 32.4 Å². The minimum absolute atomic E-state index is 0.0139. The Hall–Kier alpha value is -2.85. The van der Waals surface area contributed by atoms with Gasteiger partial charge in [-0.25, -0.2) is 4.21 Å². The Labute approximate surface area is 173 Å². The molecular formula is C25H22O3S. The topological polar surface area (TPSA) is 35.5 Å². The van der Waals surface area contributed by atoms with Gasteiger partial charge >= 0.3 is 0 Å². The Morgan fingerprint density at radius 3 is 2.28 bits per heavy atom. The molecule has 0 spiro atoms.